The van der Waals surface area contributed by atoms with E-state index in [9.17, 15) is 14.9 Å². The molecule has 132 valence electrons. The van der Waals surface area contributed by atoms with Crippen molar-refractivity contribution >= 4 is 39.7 Å². The van der Waals surface area contributed by atoms with Crippen LogP contribution < -0.4 is 15.9 Å². The smallest absolute Gasteiger partial charge is 0.239 e. The summed E-state index contributed by atoms with van der Waals surface area (Å²) in [6.07, 6.45) is 0. The molecule has 0 aliphatic carbocycles. The lowest BCUT2D eigenvalue weighted by Crippen LogP contribution is -2.34. The molecule has 0 spiro atoms. The Kier molecular flexibility index (Phi) is 5.50. The summed E-state index contributed by atoms with van der Waals surface area (Å²) in [4.78, 5) is 24.8. The van der Waals surface area contributed by atoms with Gasteiger partial charge in [-0.3, -0.25) is 9.59 Å². The number of hydrogen-bond donors (Lipinski definition) is 0. The van der Waals surface area contributed by atoms with Gasteiger partial charge < -0.3 is 0 Å². The molecular weight excluding hydrogens is 353 g/mol. The minimum absolute atomic E-state index is 0.0126. The maximum Gasteiger partial charge on any atom is 0.239 e. The Morgan fingerprint density at radius 1 is 0.704 bits per heavy atom. The van der Waals surface area contributed by atoms with E-state index in [-0.39, 0.29) is 5.29 Å². The van der Waals surface area contributed by atoms with Crippen LogP contribution in [-0.4, -0.2) is 16.9 Å². The Labute approximate surface area is 158 Å². The van der Waals surface area contributed by atoms with Crippen molar-refractivity contribution in [2.45, 2.75) is 6.92 Å². The molecule has 3 aromatic rings. The molecule has 0 aromatic heterocycles. The number of benzene rings is 3. The molecule has 0 bridgehead atoms. The van der Waals surface area contributed by atoms with Crippen molar-refractivity contribution in [2.75, 3.05) is 0 Å². The fourth-order valence-corrected chi connectivity index (χ4v) is 7.37. The van der Waals surface area contributed by atoms with Crippen LogP contribution in [0.5, 0.6) is 0 Å². The first-order chi connectivity index (χ1) is 13.1. The second-order valence-electron chi connectivity index (χ2n) is 6.02. The molecule has 0 aliphatic heterocycles. The maximum absolute atomic E-state index is 12.9. The summed E-state index contributed by atoms with van der Waals surface area (Å²) in [5.41, 5.74) is 0. The predicted molar refractivity (Wildman–Crippen MR) is 111 cm³/mol. The zero-order chi connectivity index (χ0) is 19.3. The highest BCUT2D eigenvalue weighted by Gasteiger charge is 2.34. The third kappa shape index (κ3) is 3.28. The molecule has 0 aliphatic rings. The summed E-state index contributed by atoms with van der Waals surface area (Å²) in [5, 5.41) is 12.7. The molecule has 4 heteroatoms. The topological polar surface area (TPSA) is 57.9 Å². The summed E-state index contributed by atoms with van der Waals surface area (Å²) < 4.78 is 0. The van der Waals surface area contributed by atoms with Crippen LogP contribution in [0.25, 0.3) is 0 Å². The molecule has 0 amide bonds. The van der Waals surface area contributed by atoms with Gasteiger partial charge in [0.2, 0.25) is 11.6 Å². The Morgan fingerprint density at radius 2 is 1.04 bits per heavy atom. The third-order valence-corrected chi connectivity index (χ3v) is 8.60. The highest BCUT2D eigenvalue weighted by Crippen LogP contribution is 2.46. The van der Waals surface area contributed by atoms with Gasteiger partial charge in [-0.1, -0.05) is 91.0 Å². The van der Waals surface area contributed by atoms with Gasteiger partial charge in [-0.2, -0.15) is 5.26 Å². The average Bonchev–Trinajstić information content (AvgIpc) is 2.73. The Balaban J connectivity index is 2.62. The lowest BCUT2D eigenvalue weighted by molar-refractivity contribution is -0.131. The first-order valence-electron chi connectivity index (χ1n) is 8.51. The van der Waals surface area contributed by atoms with Crippen LogP contribution in [0.3, 0.4) is 0 Å². The maximum atomic E-state index is 12.9. The van der Waals surface area contributed by atoms with Crippen molar-refractivity contribution in [1.82, 2.24) is 0 Å². The van der Waals surface area contributed by atoms with Crippen molar-refractivity contribution in [3.63, 3.8) is 0 Å². The minimum atomic E-state index is -2.79. The largest absolute Gasteiger partial charge is 0.291 e. The van der Waals surface area contributed by atoms with E-state index in [0.29, 0.717) is 0 Å². The van der Waals surface area contributed by atoms with E-state index in [2.05, 4.69) is 6.07 Å². The summed E-state index contributed by atoms with van der Waals surface area (Å²) in [6.45, 7) is -1.57. The van der Waals surface area contributed by atoms with Gasteiger partial charge in [0, 0.05) is 6.92 Å². The molecule has 0 fully saturated rings. The highest BCUT2D eigenvalue weighted by atomic mass is 31.2. The first kappa shape index (κ1) is 18.6. The van der Waals surface area contributed by atoms with Crippen LogP contribution in [0.2, 0.25) is 0 Å². The summed E-state index contributed by atoms with van der Waals surface area (Å²) >= 11 is 0. The van der Waals surface area contributed by atoms with Crippen LogP contribution >= 0.6 is 6.89 Å². The van der Waals surface area contributed by atoms with Crippen LogP contribution in [-0.2, 0) is 9.59 Å². The van der Waals surface area contributed by atoms with Crippen LogP contribution in [0.1, 0.15) is 6.92 Å². The van der Waals surface area contributed by atoms with Crippen molar-refractivity contribution in [1.29, 1.82) is 5.26 Å². The number of nitrogens with zero attached hydrogens (tertiary/aromatic N) is 1. The molecule has 0 heterocycles. The van der Waals surface area contributed by atoms with Crippen LogP contribution in [0.4, 0.5) is 0 Å². The number of Topliss-reactive ketones (excluding diaryl/α,β-unsaturated/α-hetero) is 2. The quantitative estimate of drug-likeness (QED) is 0.512. The van der Waals surface area contributed by atoms with Gasteiger partial charge in [0.25, 0.3) is 0 Å². The standard InChI is InChI=1S/C23H18NO2P/c1-18(25)23(26)22(17-24)27(19-11-5-2-6-12-19,20-13-7-3-8-14-20)21-15-9-4-10-16-21/h2-16H,1H3. The van der Waals surface area contributed by atoms with E-state index in [1.54, 1.807) is 0 Å². The van der Waals surface area contributed by atoms with E-state index in [4.69, 9.17) is 0 Å². The average molecular weight is 371 g/mol. The van der Waals surface area contributed by atoms with Gasteiger partial charge >= 0.3 is 0 Å². The Morgan fingerprint density at radius 3 is 1.30 bits per heavy atom. The van der Waals surface area contributed by atoms with E-state index >= 15 is 0 Å². The molecule has 3 nitrogen and oxygen atoms in total. The molecule has 27 heavy (non-hydrogen) atoms. The number of hydrogen-bond acceptors (Lipinski definition) is 3. The fraction of sp³-hybridized carbons (Fsp3) is 0.0435. The van der Waals surface area contributed by atoms with Crippen molar-refractivity contribution in [3.05, 3.63) is 91.0 Å². The normalized spacial score (nSPS) is 10.7. The van der Waals surface area contributed by atoms with Gasteiger partial charge in [0.05, 0.1) is 0 Å². The zero-order valence-corrected chi connectivity index (χ0v) is 15.8. The number of ketones is 2. The lowest BCUT2D eigenvalue weighted by atomic mass is 10.2. The van der Waals surface area contributed by atoms with Gasteiger partial charge in [0.1, 0.15) is 11.4 Å². The van der Waals surface area contributed by atoms with Crippen molar-refractivity contribution in [3.8, 4) is 6.07 Å². The summed E-state index contributed by atoms with van der Waals surface area (Å²) in [6, 6.07) is 30.7. The Hall–Kier alpha value is -3.21. The lowest BCUT2D eigenvalue weighted by Gasteiger charge is -2.29. The third-order valence-electron chi connectivity index (χ3n) is 4.41. The molecule has 0 atom stereocenters. The fourth-order valence-electron chi connectivity index (χ4n) is 3.23. The zero-order valence-electron chi connectivity index (χ0n) is 14.9. The van der Waals surface area contributed by atoms with E-state index in [0.717, 1.165) is 15.9 Å². The van der Waals surface area contributed by atoms with Crippen molar-refractivity contribution < 1.29 is 9.59 Å². The molecule has 3 rings (SSSR count). The molecule has 0 saturated heterocycles. The van der Waals surface area contributed by atoms with E-state index in [1.165, 1.54) is 6.92 Å². The summed E-state index contributed by atoms with van der Waals surface area (Å²) in [7, 11) is 0. The molecule has 0 unspecified atom stereocenters. The predicted octanol–water partition coefficient (Wildman–Crippen LogP) is 2.83. The highest BCUT2D eigenvalue weighted by molar-refractivity contribution is 7.97. The minimum Gasteiger partial charge on any atom is -0.291 e. The number of carbonyl (C=O) groups is 2. The number of nitriles is 1. The molecule has 0 saturated carbocycles. The molecule has 3 aromatic carbocycles. The van der Waals surface area contributed by atoms with E-state index < -0.39 is 18.5 Å². The number of carbonyl (C=O) groups excluding carboxylic acids is 2. The molecule has 0 N–H and O–H groups in total. The Bertz CT molecular complexity index is 962. The molecular formula is C23H18NO2P. The first-order valence-corrected chi connectivity index (χ1v) is 10.3. The summed E-state index contributed by atoms with van der Waals surface area (Å²) in [5.74, 6) is -1.35. The second-order valence-corrected chi connectivity index (χ2v) is 9.36. The second kappa shape index (κ2) is 7.99. The SMILES string of the molecule is CC(=O)C(=O)C(C#N)=P(c1ccccc1)(c1ccccc1)c1ccccc1. The molecule has 0 radical (unpaired) electrons. The van der Waals surface area contributed by atoms with Crippen LogP contribution in [0, 0.1) is 11.3 Å². The van der Waals surface area contributed by atoms with Gasteiger partial charge in [-0.25, -0.2) is 0 Å². The van der Waals surface area contributed by atoms with Crippen molar-refractivity contribution in [2.24, 2.45) is 0 Å². The van der Waals surface area contributed by atoms with Gasteiger partial charge in [-0.15, -0.1) is 0 Å². The van der Waals surface area contributed by atoms with E-state index in [1.807, 2.05) is 91.0 Å². The van der Waals surface area contributed by atoms with Gasteiger partial charge in [-0.05, 0) is 22.8 Å². The van der Waals surface area contributed by atoms with Crippen LogP contribution in [0.15, 0.2) is 91.0 Å². The monoisotopic (exact) mass is 371 g/mol. The number of rotatable bonds is 5. The van der Waals surface area contributed by atoms with Gasteiger partial charge in [0.15, 0.2) is 0 Å².